The summed E-state index contributed by atoms with van der Waals surface area (Å²) in [5, 5.41) is 3.70. The van der Waals surface area contributed by atoms with Crippen LogP contribution >= 0.6 is 0 Å². The molecule has 2 aromatic carbocycles. The van der Waals surface area contributed by atoms with Crippen LogP contribution in [0.4, 0.5) is 0 Å². The Hall–Kier alpha value is -2.52. The molecule has 0 fully saturated rings. The first-order valence-corrected chi connectivity index (χ1v) is 7.96. The van der Waals surface area contributed by atoms with Crippen LogP contribution in [0.15, 0.2) is 66.9 Å². The third-order valence-corrected chi connectivity index (χ3v) is 4.65. The number of H-pyrrole nitrogens is 1. The average molecular weight is 304 g/mol. The second-order valence-corrected chi connectivity index (χ2v) is 5.92. The van der Waals surface area contributed by atoms with Crippen LogP contribution in [0, 0.1) is 0 Å². The van der Waals surface area contributed by atoms with E-state index in [0.29, 0.717) is 5.92 Å². The molecule has 1 aromatic heterocycles. The molecule has 3 aromatic rings. The zero-order chi connectivity index (χ0) is 15.6. The summed E-state index contributed by atoms with van der Waals surface area (Å²) >= 11 is 0. The SMILES string of the molecule is COc1ccc(C2CNC(c3ccccc3)c3cc[nH]c32)cc1. The van der Waals surface area contributed by atoms with E-state index in [1.54, 1.807) is 7.11 Å². The lowest BCUT2D eigenvalue weighted by Crippen LogP contribution is -2.33. The summed E-state index contributed by atoms with van der Waals surface area (Å²) in [6.45, 7) is 0.916. The number of hydrogen-bond donors (Lipinski definition) is 2. The molecule has 0 radical (unpaired) electrons. The van der Waals surface area contributed by atoms with Crippen LogP contribution in [0.2, 0.25) is 0 Å². The van der Waals surface area contributed by atoms with E-state index < -0.39 is 0 Å². The highest BCUT2D eigenvalue weighted by molar-refractivity contribution is 5.44. The molecule has 0 spiro atoms. The quantitative estimate of drug-likeness (QED) is 0.771. The van der Waals surface area contributed by atoms with Crippen molar-refractivity contribution in [2.75, 3.05) is 13.7 Å². The van der Waals surface area contributed by atoms with Gasteiger partial charge >= 0.3 is 0 Å². The molecule has 2 heterocycles. The third kappa shape index (κ3) is 2.53. The number of aromatic amines is 1. The first-order valence-electron chi connectivity index (χ1n) is 7.96. The fourth-order valence-corrected chi connectivity index (χ4v) is 3.46. The molecule has 0 aliphatic carbocycles. The molecule has 23 heavy (non-hydrogen) atoms. The number of fused-ring (bicyclic) bond motifs is 1. The Bertz CT molecular complexity index is 777. The molecule has 2 atom stereocenters. The molecule has 4 rings (SSSR count). The monoisotopic (exact) mass is 304 g/mol. The van der Waals surface area contributed by atoms with Gasteiger partial charge in [0.15, 0.2) is 0 Å². The summed E-state index contributed by atoms with van der Waals surface area (Å²) in [6.07, 6.45) is 2.05. The van der Waals surface area contributed by atoms with Crippen molar-refractivity contribution in [2.45, 2.75) is 12.0 Å². The van der Waals surface area contributed by atoms with Crippen molar-refractivity contribution < 1.29 is 4.74 Å². The smallest absolute Gasteiger partial charge is 0.118 e. The molecule has 0 saturated heterocycles. The van der Waals surface area contributed by atoms with E-state index in [1.165, 1.54) is 22.4 Å². The minimum absolute atomic E-state index is 0.256. The summed E-state index contributed by atoms with van der Waals surface area (Å²) in [5.41, 5.74) is 5.25. The summed E-state index contributed by atoms with van der Waals surface area (Å²) in [5.74, 6) is 1.23. The Labute approximate surface area is 136 Å². The predicted molar refractivity (Wildman–Crippen MR) is 91.9 cm³/mol. The van der Waals surface area contributed by atoms with E-state index in [1.807, 2.05) is 18.3 Å². The van der Waals surface area contributed by atoms with E-state index in [9.17, 15) is 0 Å². The van der Waals surface area contributed by atoms with Crippen molar-refractivity contribution in [2.24, 2.45) is 0 Å². The molecule has 1 aliphatic heterocycles. The average Bonchev–Trinajstić information content (AvgIpc) is 3.11. The first kappa shape index (κ1) is 14.1. The lowest BCUT2D eigenvalue weighted by molar-refractivity contribution is 0.414. The van der Waals surface area contributed by atoms with Crippen LogP contribution < -0.4 is 10.1 Å². The van der Waals surface area contributed by atoms with Gasteiger partial charge in [0, 0.05) is 24.4 Å². The first-order chi connectivity index (χ1) is 11.4. The van der Waals surface area contributed by atoms with Crippen LogP contribution in [0.25, 0.3) is 0 Å². The van der Waals surface area contributed by atoms with Gasteiger partial charge in [-0.2, -0.15) is 0 Å². The van der Waals surface area contributed by atoms with Crippen molar-refractivity contribution in [1.29, 1.82) is 0 Å². The summed E-state index contributed by atoms with van der Waals surface area (Å²) in [7, 11) is 1.70. The zero-order valence-electron chi connectivity index (χ0n) is 13.1. The lowest BCUT2D eigenvalue weighted by atomic mass is 9.85. The van der Waals surface area contributed by atoms with Gasteiger partial charge in [0.1, 0.15) is 5.75 Å². The molecule has 3 heteroatoms. The molecule has 116 valence electrons. The Balaban J connectivity index is 1.69. The maximum atomic E-state index is 5.26. The van der Waals surface area contributed by atoms with Crippen molar-refractivity contribution in [1.82, 2.24) is 10.3 Å². The van der Waals surface area contributed by atoms with E-state index in [2.05, 4.69) is 58.8 Å². The van der Waals surface area contributed by atoms with Gasteiger partial charge in [-0.15, -0.1) is 0 Å². The van der Waals surface area contributed by atoms with Crippen LogP contribution in [-0.4, -0.2) is 18.6 Å². The number of rotatable bonds is 3. The van der Waals surface area contributed by atoms with E-state index in [0.717, 1.165) is 12.3 Å². The van der Waals surface area contributed by atoms with Crippen molar-refractivity contribution >= 4 is 0 Å². The minimum atomic E-state index is 0.256. The van der Waals surface area contributed by atoms with Gasteiger partial charge in [0.05, 0.1) is 13.2 Å². The third-order valence-electron chi connectivity index (χ3n) is 4.65. The fraction of sp³-hybridized carbons (Fsp3) is 0.200. The maximum absolute atomic E-state index is 5.26. The van der Waals surface area contributed by atoms with Gasteiger partial charge in [-0.25, -0.2) is 0 Å². The number of nitrogens with one attached hydrogen (secondary N) is 2. The summed E-state index contributed by atoms with van der Waals surface area (Å²) in [6, 6.07) is 21.4. The second-order valence-electron chi connectivity index (χ2n) is 5.92. The molecule has 2 unspecified atom stereocenters. The molecule has 0 bridgehead atoms. The largest absolute Gasteiger partial charge is 0.497 e. The van der Waals surface area contributed by atoms with Gasteiger partial charge in [-0.3, -0.25) is 0 Å². The summed E-state index contributed by atoms with van der Waals surface area (Å²) < 4.78 is 5.26. The van der Waals surface area contributed by atoms with E-state index >= 15 is 0 Å². The van der Waals surface area contributed by atoms with Crippen molar-refractivity contribution in [3.8, 4) is 5.75 Å². The maximum Gasteiger partial charge on any atom is 0.118 e. The molecule has 3 nitrogen and oxygen atoms in total. The zero-order valence-corrected chi connectivity index (χ0v) is 13.1. The standard InChI is InChI=1S/C20H20N2O/c1-23-16-9-7-14(8-10-16)18-13-22-19(15-5-3-2-4-6-15)17-11-12-21-20(17)18/h2-12,18-19,21-22H,13H2,1H3. The van der Waals surface area contributed by atoms with Gasteiger partial charge < -0.3 is 15.0 Å². The highest BCUT2D eigenvalue weighted by Crippen LogP contribution is 2.36. The van der Waals surface area contributed by atoms with E-state index in [4.69, 9.17) is 4.74 Å². The normalized spacial score (nSPS) is 20.0. The molecule has 1 aliphatic rings. The Morgan fingerprint density at radius 3 is 2.43 bits per heavy atom. The molecular formula is C20H20N2O. The highest BCUT2D eigenvalue weighted by atomic mass is 16.5. The number of methoxy groups -OCH3 is 1. The van der Waals surface area contributed by atoms with Crippen LogP contribution in [0.1, 0.15) is 34.3 Å². The van der Waals surface area contributed by atoms with Crippen molar-refractivity contribution in [3.63, 3.8) is 0 Å². The van der Waals surface area contributed by atoms with E-state index in [-0.39, 0.29) is 6.04 Å². The van der Waals surface area contributed by atoms with Crippen LogP contribution in [0.3, 0.4) is 0 Å². The van der Waals surface area contributed by atoms with Gasteiger partial charge in [0.25, 0.3) is 0 Å². The van der Waals surface area contributed by atoms with Gasteiger partial charge in [-0.1, -0.05) is 42.5 Å². The number of benzene rings is 2. The second kappa shape index (κ2) is 5.94. The minimum Gasteiger partial charge on any atom is -0.497 e. The Morgan fingerprint density at radius 2 is 1.70 bits per heavy atom. The van der Waals surface area contributed by atoms with Crippen LogP contribution in [0.5, 0.6) is 5.75 Å². The molecule has 0 saturated carbocycles. The lowest BCUT2D eigenvalue weighted by Gasteiger charge is -2.31. The fourth-order valence-electron chi connectivity index (χ4n) is 3.46. The highest BCUT2D eigenvalue weighted by Gasteiger charge is 2.29. The number of hydrogen-bond acceptors (Lipinski definition) is 2. The van der Waals surface area contributed by atoms with Gasteiger partial charge in [0.2, 0.25) is 0 Å². The summed E-state index contributed by atoms with van der Waals surface area (Å²) in [4.78, 5) is 3.46. The van der Waals surface area contributed by atoms with Crippen molar-refractivity contribution in [3.05, 3.63) is 89.2 Å². The Morgan fingerprint density at radius 1 is 0.913 bits per heavy atom. The number of aromatic nitrogens is 1. The number of ether oxygens (including phenoxy) is 1. The molecule has 0 amide bonds. The molecular weight excluding hydrogens is 284 g/mol. The molecule has 2 N–H and O–H groups in total. The van der Waals surface area contributed by atoms with Gasteiger partial charge in [-0.05, 0) is 34.9 Å². The van der Waals surface area contributed by atoms with Crippen LogP contribution in [-0.2, 0) is 0 Å². The predicted octanol–water partition coefficient (Wildman–Crippen LogP) is 3.85. The topological polar surface area (TPSA) is 37.0 Å². The Kier molecular flexibility index (Phi) is 3.64.